The summed E-state index contributed by atoms with van der Waals surface area (Å²) in [5, 5.41) is 6.89. The topological polar surface area (TPSA) is 43.1 Å². The Balaban J connectivity index is 1.75. The van der Waals surface area contributed by atoms with Crippen molar-refractivity contribution in [2.75, 3.05) is 0 Å². The van der Waals surface area contributed by atoms with Crippen LogP contribution in [0, 0.1) is 5.92 Å². The predicted molar refractivity (Wildman–Crippen MR) is 103 cm³/mol. The van der Waals surface area contributed by atoms with Gasteiger partial charge in [0.1, 0.15) is 11.2 Å². The van der Waals surface area contributed by atoms with Crippen molar-refractivity contribution in [2.24, 2.45) is 5.92 Å². The maximum atomic E-state index is 6.33. The van der Waals surface area contributed by atoms with E-state index in [9.17, 15) is 0 Å². The van der Waals surface area contributed by atoms with E-state index in [0.29, 0.717) is 15.9 Å². The van der Waals surface area contributed by atoms with Crippen LogP contribution in [0.15, 0.2) is 24.5 Å². The summed E-state index contributed by atoms with van der Waals surface area (Å²) in [5.41, 5.74) is 3.04. The highest BCUT2D eigenvalue weighted by molar-refractivity contribution is 7.19. The second-order valence-corrected chi connectivity index (χ2v) is 8.53. The monoisotopic (exact) mass is 388 g/mol. The molecule has 0 bridgehead atoms. The summed E-state index contributed by atoms with van der Waals surface area (Å²) in [6, 6.07) is 5.37. The number of aromatic nitrogens is 4. The van der Waals surface area contributed by atoms with E-state index in [1.54, 1.807) is 34.3 Å². The van der Waals surface area contributed by atoms with Gasteiger partial charge in [0.2, 0.25) is 0 Å². The van der Waals surface area contributed by atoms with Crippen LogP contribution in [0.1, 0.15) is 23.8 Å². The largest absolute Gasteiger partial charge is 0.225 e. The molecule has 0 radical (unpaired) electrons. The molecule has 0 unspecified atom stereocenters. The van der Waals surface area contributed by atoms with E-state index >= 15 is 0 Å². The van der Waals surface area contributed by atoms with Crippen LogP contribution in [0.5, 0.6) is 0 Å². The van der Waals surface area contributed by atoms with Crippen molar-refractivity contribution in [3.63, 3.8) is 0 Å². The fourth-order valence-corrected chi connectivity index (χ4v) is 5.36. The highest BCUT2D eigenvalue weighted by Gasteiger charge is 2.24. The Morgan fingerprint density at radius 2 is 2.16 bits per heavy atom. The van der Waals surface area contributed by atoms with Crippen LogP contribution in [0.3, 0.4) is 0 Å². The molecule has 5 rings (SSSR count). The van der Waals surface area contributed by atoms with Crippen LogP contribution in [0.25, 0.3) is 27.3 Å². The van der Waals surface area contributed by atoms with Crippen molar-refractivity contribution in [3.8, 4) is 11.4 Å². The lowest BCUT2D eigenvalue weighted by Gasteiger charge is -2.17. The molecule has 0 spiro atoms. The summed E-state index contributed by atoms with van der Waals surface area (Å²) in [6.45, 7) is 2.31. The van der Waals surface area contributed by atoms with E-state index in [0.717, 1.165) is 40.2 Å². The Hall–Kier alpha value is -1.69. The molecule has 3 aromatic heterocycles. The first-order chi connectivity index (χ1) is 12.1. The van der Waals surface area contributed by atoms with E-state index in [2.05, 4.69) is 17.0 Å². The van der Waals surface area contributed by atoms with Gasteiger partial charge in [-0.15, -0.1) is 16.4 Å². The van der Waals surface area contributed by atoms with Gasteiger partial charge in [-0.1, -0.05) is 30.1 Å². The lowest BCUT2D eigenvalue weighted by molar-refractivity contribution is 0.509. The molecule has 7 heteroatoms. The van der Waals surface area contributed by atoms with Crippen molar-refractivity contribution in [1.82, 2.24) is 19.6 Å². The average Bonchev–Trinajstić information content (AvgIpc) is 3.14. The maximum absolute atomic E-state index is 6.33. The molecule has 1 atom stereocenters. The van der Waals surface area contributed by atoms with Crippen LogP contribution >= 0.6 is 34.5 Å². The molecular weight excluding hydrogens is 375 g/mol. The Kier molecular flexibility index (Phi) is 3.52. The van der Waals surface area contributed by atoms with Gasteiger partial charge < -0.3 is 0 Å². The maximum Gasteiger partial charge on any atom is 0.183 e. The van der Waals surface area contributed by atoms with Gasteiger partial charge in [-0.3, -0.25) is 0 Å². The van der Waals surface area contributed by atoms with Gasteiger partial charge in [0, 0.05) is 15.5 Å². The zero-order valence-corrected chi connectivity index (χ0v) is 15.8. The highest BCUT2D eigenvalue weighted by atomic mass is 35.5. The summed E-state index contributed by atoms with van der Waals surface area (Å²) in [6.07, 6.45) is 5.17. The van der Waals surface area contributed by atoms with Crippen molar-refractivity contribution >= 4 is 50.4 Å². The van der Waals surface area contributed by atoms with Crippen LogP contribution < -0.4 is 0 Å². The van der Waals surface area contributed by atoms with Gasteiger partial charge in [0.15, 0.2) is 11.5 Å². The first-order valence-corrected chi connectivity index (χ1v) is 9.78. The normalized spacial score (nSPS) is 17.3. The zero-order valence-electron chi connectivity index (χ0n) is 13.5. The lowest BCUT2D eigenvalue weighted by Crippen LogP contribution is -2.08. The standard InChI is InChI=1S/C18H14Cl2N4S/c1-9-2-4-12-14(6-9)25-18-15(12)17-22-16(23-24(17)8-21-18)11-5-3-10(19)7-13(11)20/h3,5,7-9H,2,4,6H2,1H3/t9-/m0/s1. The van der Waals surface area contributed by atoms with Crippen LogP contribution in [-0.4, -0.2) is 19.6 Å². The molecule has 0 saturated carbocycles. The van der Waals surface area contributed by atoms with Crippen molar-refractivity contribution < 1.29 is 0 Å². The van der Waals surface area contributed by atoms with Crippen LogP contribution in [0.2, 0.25) is 10.0 Å². The average molecular weight is 389 g/mol. The molecule has 0 saturated heterocycles. The Morgan fingerprint density at radius 3 is 3.00 bits per heavy atom. The van der Waals surface area contributed by atoms with Gasteiger partial charge in [0.25, 0.3) is 0 Å². The molecule has 25 heavy (non-hydrogen) atoms. The molecule has 126 valence electrons. The number of fused-ring (bicyclic) bond motifs is 5. The van der Waals surface area contributed by atoms with Crippen molar-refractivity contribution in [1.29, 1.82) is 0 Å². The quantitative estimate of drug-likeness (QED) is 0.436. The summed E-state index contributed by atoms with van der Waals surface area (Å²) < 4.78 is 1.76. The minimum atomic E-state index is 0.550. The molecular formula is C18H14Cl2N4S. The number of aryl methyl sites for hydroxylation is 1. The molecule has 1 aliphatic rings. The molecule has 0 aliphatic heterocycles. The number of nitrogens with zero attached hydrogens (tertiary/aromatic N) is 4. The number of hydrogen-bond acceptors (Lipinski definition) is 4. The number of benzene rings is 1. The van der Waals surface area contributed by atoms with Crippen LogP contribution in [0.4, 0.5) is 0 Å². The molecule has 4 aromatic rings. The van der Waals surface area contributed by atoms with Crippen LogP contribution in [-0.2, 0) is 12.8 Å². The molecule has 0 fully saturated rings. The second-order valence-electron chi connectivity index (χ2n) is 6.60. The van der Waals surface area contributed by atoms with Gasteiger partial charge >= 0.3 is 0 Å². The Morgan fingerprint density at radius 1 is 1.28 bits per heavy atom. The first kappa shape index (κ1) is 15.6. The minimum absolute atomic E-state index is 0.550. The first-order valence-electron chi connectivity index (χ1n) is 8.21. The molecule has 3 heterocycles. The van der Waals surface area contributed by atoms with E-state index in [-0.39, 0.29) is 0 Å². The Bertz CT molecular complexity index is 1130. The number of halogens is 2. The third-order valence-electron chi connectivity index (χ3n) is 4.80. The van der Waals surface area contributed by atoms with E-state index in [1.165, 1.54) is 16.9 Å². The third-order valence-corrected chi connectivity index (χ3v) is 6.51. The zero-order chi connectivity index (χ0) is 17.1. The number of rotatable bonds is 1. The second kappa shape index (κ2) is 5.66. The van der Waals surface area contributed by atoms with E-state index < -0.39 is 0 Å². The van der Waals surface area contributed by atoms with E-state index in [1.807, 2.05) is 6.07 Å². The Labute approximate surface area is 158 Å². The number of thiophene rings is 1. The summed E-state index contributed by atoms with van der Waals surface area (Å²) in [4.78, 5) is 11.9. The van der Waals surface area contributed by atoms with Gasteiger partial charge in [-0.25, -0.2) is 14.5 Å². The predicted octanol–water partition coefficient (Wildman–Crippen LogP) is 5.44. The lowest BCUT2D eigenvalue weighted by atomic mass is 9.89. The molecule has 4 nitrogen and oxygen atoms in total. The molecule has 0 N–H and O–H groups in total. The highest BCUT2D eigenvalue weighted by Crippen LogP contribution is 2.39. The smallest absolute Gasteiger partial charge is 0.183 e. The molecule has 0 amide bonds. The summed E-state index contributed by atoms with van der Waals surface area (Å²) >= 11 is 14.1. The third kappa shape index (κ3) is 2.45. The SMILES string of the molecule is C[C@H]1CCc2c(sc3ncn4nc(-c5ccc(Cl)cc5Cl)nc4c23)C1. The summed E-state index contributed by atoms with van der Waals surface area (Å²) in [5.74, 6) is 1.33. The fourth-order valence-electron chi connectivity index (χ4n) is 3.52. The molecule has 1 aromatic carbocycles. The van der Waals surface area contributed by atoms with E-state index in [4.69, 9.17) is 28.2 Å². The van der Waals surface area contributed by atoms with Gasteiger partial charge in [-0.05, 0) is 48.9 Å². The van der Waals surface area contributed by atoms with Gasteiger partial charge in [-0.2, -0.15) is 0 Å². The molecule has 1 aliphatic carbocycles. The van der Waals surface area contributed by atoms with Crippen molar-refractivity contribution in [3.05, 3.63) is 45.0 Å². The number of hydrogen-bond donors (Lipinski definition) is 0. The fraction of sp³-hybridized carbons (Fsp3) is 0.278. The van der Waals surface area contributed by atoms with Crippen molar-refractivity contribution in [2.45, 2.75) is 26.2 Å². The van der Waals surface area contributed by atoms with Gasteiger partial charge in [0.05, 0.1) is 10.4 Å². The summed E-state index contributed by atoms with van der Waals surface area (Å²) in [7, 11) is 0. The minimum Gasteiger partial charge on any atom is -0.225 e.